The Hall–Kier alpha value is -1.78. The Kier molecular flexibility index (Phi) is 32.0. The van der Waals surface area contributed by atoms with Crippen LogP contribution in [0.25, 0.3) is 0 Å². The van der Waals surface area contributed by atoms with E-state index in [2.05, 4.69) is 0 Å². The van der Waals surface area contributed by atoms with E-state index in [1.165, 1.54) is 12.2 Å². The molecule has 0 saturated carbocycles. The van der Waals surface area contributed by atoms with Crippen LogP contribution in [-0.4, -0.2) is 192 Å². The number of aliphatic hydroxyl groups is 6. The summed E-state index contributed by atoms with van der Waals surface area (Å²) < 4.78 is 33.4. The van der Waals surface area contributed by atoms with Gasteiger partial charge in [-0.2, -0.15) is 0 Å². The van der Waals surface area contributed by atoms with Gasteiger partial charge in [0.25, 0.3) is 0 Å². The Bertz CT molecular complexity index is 1510. The Labute approximate surface area is 451 Å². The number of aliphatic carboxylic acids is 2. The monoisotopic (exact) mass is 1040 g/mol. The van der Waals surface area contributed by atoms with Crippen molar-refractivity contribution in [3.05, 3.63) is 23.3 Å². The maximum Gasteiger partial charge on any atom is 2.00 e. The third-order valence-corrected chi connectivity index (χ3v) is 14.2. The van der Waals surface area contributed by atoms with Crippen LogP contribution < -0.4 is 10.2 Å². The summed E-state index contributed by atoms with van der Waals surface area (Å²) in [5, 5.41) is 82.4. The van der Waals surface area contributed by atoms with E-state index in [9.17, 15) is 60.0 Å². The maximum absolute atomic E-state index is 12.0. The normalized spacial score (nSPS) is 30.1. The summed E-state index contributed by atoms with van der Waals surface area (Å²) in [5.41, 5.74) is 1.41. The maximum atomic E-state index is 12.0. The van der Waals surface area contributed by atoms with Crippen molar-refractivity contribution in [1.82, 2.24) is 0 Å². The molecule has 19 heteroatoms. The van der Waals surface area contributed by atoms with Crippen LogP contribution in [0.15, 0.2) is 23.3 Å². The van der Waals surface area contributed by atoms with Crippen LogP contribution in [0.2, 0.25) is 0 Å². The fourth-order valence-electron chi connectivity index (χ4n) is 9.16. The van der Waals surface area contributed by atoms with Crippen molar-refractivity contribution in [1.29, 1.82) is 0 Å². The topological polar surface area (TPSA) is 298 Å². The van der Waals surface area contributed by atoms with Crippen molar-refractivity contribution in [2.45, 2.75) is 230 Å². The molecule has 4 aliphatic heterocycles. The number of carbonyl (C=O) groups is 4. The predicted molar refractivity (Wildman–Crippen MR) is 258 cm³/mol. The van der Waals surface area contributed by atoms with Crippen molar-refractivity contribution in [2.24, 2.45) is 23.7 Å². The standard InChI is InChI=1S/2C26H44O9.Ca/c2*1-16(13-23(30)33-11-9-7-5-4-6-8-10-22(28)29)12-20-25(32)24(31)19(15-34-20)14-21-26(35-21)17(2)18(3)27;/h2*13,17-21,24-27,31-32H,4-12,14-15H2,1-3H3,(H,28,29);/q;;+2/p-2/b2*16-13+;/t2*17-,18-,19-,20-,21+,24+,25-,26+;/m00./s1. The van der Waals surface area contributed by atoms with Gasteiger partial charge >= 0.3 is 49.7 Å². The van der Waals surface area contributed by atoms with Gasteiger partial charge in [-0.1, -0.05) is 76.4 Å². The molecule has 4 heterocycles. The zero-order chi connectivity index (χ0) is 51.9. The molecular formula is C52H86CaO18. The Morgan fingerprint density at radius 3 is 1.18 bits per heavy atom. The van der Waals surface area contributed by atoms with Crippen LogP contribution in [0.5, 0.6) is 0 Å². The molecule has 404 valence electrons. The van der Waals surface area contributed by atoms with Crippen molar-refractivity contribution >= 4 is 61.6 Å². The molecule has 0 radical (unpaired) electrons. The number of aliphatic hydroxyl groups excluding tert-OH is 6. The minimum absolute atomic E-state index is 0. The third kappa shape index (κ3) is 25.5. The molecule has 71 heavy (non-hydrogen) atoms. The summed E-state index contributed by atoms with van der Waals surface area (Å²) in [7, 11) is 0. The first-order chi connectivity index (χ1) is 33.2. The molecule has 4 rings (SSSR count). The smallest absolute Gasteiger partial charge is 0.550 e. The summed E-state index contributed by atoms with van der Waals surface area (Å²) in [6, 6.07) is 0. The van der Waals surface area contributed by atoms with E-state index in [-0.39, 0.29) is 98.7 Å². The van der Waals surface area contributed by atoms with E-state index in [1.54, 1.807) is 27.7 Å². The fraction of sp³-hybridized carbons (Fsp3) is 0.846. The van der Waals surface area contributed by atoms with Crippen molar-refractivity contribution < 1.29 is 88.5 Å². The van der Waals surface area contributed by atoms with Crippen LogP contribution in [-0.2, 0) is 47.6 Å². The molecule has 18 nitrogen and oxygen atoms in total. The number of ether oxygens (including phenoxy) is 6. The number of hydrogen-bond donors (Lipinski definition) is 6. The average molecular weight is 1040 g/mol. The van der Waals surface area contributed by atoms with Gasteiger partial charge in [-0.15, -0.1) is 0 Å². The quantitative estimate of drug-likeness (QED) is 0.0185. The molecule has 0 aromatic carbocycles. The number of hydrogen-bond acceptors (Lipinski definition) is 18. The first-order valence-corrected chi connectivity index (χ1v) is 25.9. The third-order valence-electron chi connectivity index (χ3n) is 14.2. The molecule has 0 aromatic heterocycles. The molecule has 0 unspecified atom stereocenters. The largest absolute Gasteiger partial charge is 2.00 e. The molecule has 0 amide bonds. The molecule has 0 spiro atoms. The molecule has 0 aliphatic carbocycles. The summed E-state index contributed by atoms with van der Waals surface area (Å²) >= 11 is 0. The summed E-state index contributed by atoms with van der Waals surface area (Å²) in [5.74, 6) is -3.37. The van der Waals surface area contributed by atoms with E-state index in [0.29, 0.717) is 76.1 Å². The minimum Gasteiger partial charge on any atom is -0.550 e. The molecule has 4 saturated heterocycles. The molecule has 16 atom stereocenters. The number of rotatable bonds is 32. The first kappa shape index (κ1) is 65.3. The van der Waals surface area contributed by atoms with Crippen LogP contribution >= 0.6 is 0 Å². The fourth-order valence-corrected chi connectivity index (χ4v) is 9.16. The average Bonchev–Trinajstić information content (AvgIpc) is 4.23. The molecule has 0 bridgehead atoms. The van der Waals surface area contributed by atoms with E-state index in [4.69, 9.17) is 28.4 Å². The van der Waals surface area contributed by atoms with Crippen molar-refractivity contribution in [3.8, 4) is 0 Å². The molecule has 4 aliphatic rings. The summed E-state index contributed by atoms with van der Waals surface area (Å²) in [6.07, 6.45) is 8.59. The van der Waals surface area contributed by atoms with Crippen LogP contribution in [0.1, 0.15) is 157 Å². The predicted octanol–water partition coefficient (Wildman–Crippen LogP) is 2.13. The second kappa shape index (κ2) is 34.7. The van der Waals surface area contributed by atoms with Gasteiger partial charge in [0.1, 0.15) is 12.2 Å². The molecule has 0 aromatic rings. The van der Waals surface area contributed by atoms with Crippen LogP contribution in [0.4, 0.5) is 0 Å². The number of carboxylic acids is 2. The second-order valence-electron chi connectivity index (χ2n) is 20.4. The number of unbranched alkanes of at least 4 members (excludes halogenated alkanes) is 10. The number of esters is 2. The minimum atomic E-state index is -1.06. The van der Waals surface area contributed by atoms with Gasteiger partial charge in [-0.3, -0.25) is 0 Å². The number of carbonyl (C=O) groups excluding carboxylic acids is 4. The Balaban J connectivity index is 0.000000480. The van der Waals surface area contributed by atoms with Gasteiger partial charge in [-0.25, -0.2) is 9.59 Å². The second-order valence-corrected chi connectivity index (χ2v) is 20.4. The molecular weight excluding hydrogens is 953 g/mol. The van der Waals surface area contributed by atoms with Crippen LogP contribution in [0, 0.1) is 23.7 Å². The van der Waals surface area contributed by atoms with E-state index < -0.39 is 72.7 Å². The number of epoxide rings is 2. The Morgan fingerprint density at radius 1 is 0.535 bits per heavy atom. The van der Waals surface area contributed by atoms with Gasteiger partial charge in [-0.05, 0) is 91.9 Å². The van der Waals surface area contributed by atoms with Crippen molar-refractivity contribution in [3.63, 3.8) is 0 Å². The zero-order valence-corrected chi connectivity index (χ0v) is 45.4. The Morgan fingerprint density at radius 2 is 0.859 bits per heavy atom. The van der Waals surface area contributed by atoms with Crippen molar-refractivity contribution in [2.75, 3.05) is 26.4 Å². The first-order valence-electron chi connectivity index (χ1n) is 25.9. The van der Waals surface area contributed by atoms with Gasteiger partial charge in [0.2, 0.25) is 0 Å². The van der Waals surface area contributed by atoms with Gasteiger partial charge in [0.15, 0.2) is 0 Å². The SMILES string of the molecule is C/C(=C\C(=O)OCCCCCCCCC(=O)[O-])C[C@@H]1OC[C@H](C[C@H]2O[C@@H]2[C@@H](C)[C@H](C)O)[C@@H](O)[C@H]1O.C/C(=C\C(=O)OCCCCCCCCC(=O)[O-])C[C@@H]1OC[C@H](C[C@H]2O[C@@H]2[C@@H](C)[C@H](C)O)[C@@H](O)[C@H]1O.[Ca+2]. The van der Waals surface area contributed by atoms with Gasteiger partial charge in [0, 0.05) is 47.8 Å². The van der Waals surface area contributed by atoms with E-state index in [1.807, 2.05) is 13.8 Å². The molecule has 6 N–H and O–H groups in total. The van der Waals surface area contributed by atoms with Crippen LogP contribution in [0.3, 0.4) is 0 Å². The van der Waals surface area contributed by atoms with Gasteiger partial charge < -0.3 is 78.9 Å². The summed E-state index contributed by atoms with van der Waals surface area (Å²) in [4.78, 5) is 44.8. The van der Waals surface area contributed by atoms with E-state index >= 15 is 0 Å². The van der Waals surface area contributed by atoms with Gasteiger partial charge in [0.05, 0.1) is 87.5 Å². The number of carboxylic acid groups (broad SMARTS) is 2. The van der Waals surface area contributed by atoms with E-state index in [0.717, 1.165) is 64.2 Å². The molecule has 4 fully saturated rings. The zero-order valence-electron chi connectivity index (χ0n) is 43.2. The summed E-state index contributed by atoms with van der Waals surface area (Å²) in [6.45, 7) is 12.1.